The molecule has 0 saturated heterocycles. The van der Waals surface area contributed by atoms with Crippen LogP contribution in [-0.4, -0.2) is 41.8 Å². The van der Waals surface area contributed by atoms with Crippen molar-refractivity contribution in [2.24, 2.45) is 5.92 Å². The average Bonchev–Trinajstić information content (AvgIpc) is 3.13. The van der Waals surface area contributed by atoms with Crippen LogP contribution in [0.25, 0.3) is 11.1 Å². The van der Waals surface area contributed by atoms with Gasteiger partial charge in [-0.2, -0.15) is 0 Å². The van der Waals surface area contributed by atoms with Crippen LogP contribution in [0.2, 0.25) is 0 Å². The first kappa shape index (κ1) is 24.3. The van der Waals surface area contributed by atoms with E-state index in [2.05, 4.69) is 22.8 Å². The first-order valence-electron chi connectivity index (χ1n) is 11.5. The Kier molecular flexibility index (Phi) is 8.09. The summed E-state index contributed by atoms with van der Waals surface area (Å²) in [5.74, 6) is -1.92. The maximum atomic E-state index is 12.7. The molecule has 0 aromatic heterocycles. The maximum Gasteiger partial charge on any atom is 0.407 e. The zero-order chi connectivity index (χ0) is 24.0. The van der Waals surface area contributed by atoms with Gasteiger partial charge in [-0.3, -0.25) is 4.79 Å². The summed E-state index contributed by atoms with van der Waals surface area (Å²) in [4.78, 5) is 36.9. The number of carbonyl (C=O) groups excluding carboxylic acids is 2. The van der Waals surface area contributed by atoms with Gasteiger partial charge in [-0.25, -0.2) is 9.59 Å². The van der Waals surface area contributed by atoms with Crippen molar-refractivity contribution in [2.45, 2.75) is 58.0 Å². The summed E-state index contributed by atoms with van der Waals surface area (Å²) < 4.78 is 5.54. The molecule has 0 bridgehead atoms. The molecule has 176 valence electrons. The van der Waals surface area contributed by atoms with Crippen molar-refractivity contribution in [3.8, 4) is 11.1 Å². The topological polar surface area (TPSA) is 105 Å². The van der Waals surface area contributed by atoms with Crippen LogP contribution >= 0.6 is 0 Å². The number of hydrogen-bond acceptors (Lipinski definition) is 4. The fraction of sp³-hybridized carbons (Fsp3) is 0.423. The SMILES string of the molecule is CCC[C@@H](NC(=O)OCC1c2ccccc2-c2ccccc21)C(=O)NC(C(=O)O)C(C)CC. The summed E-state index contributed by atoms with van der Waals surface area (Å²) in [5, 5.41) is 14.7. The largest absolute Gasteiger partial charge is 0.480 e. The van der Waals surface area contributed by atoms with Crippen LogP contribution < -0.4 is 10.6 Å². The smallest absolute Gasteiger partial charge is 0.407 e. The van der Waals surface area contributed by atoms with E-state index >= 15 is 0 Å². The molecule has 3 N–H and O–H groups in total. The molecule has 3 atom stereocenters. The number of fused-ring (bicyclic) bond motifs is 3. The Balaban J connectivity index is 1.65. The zero-order valence-corrected chi connectivity index (χ0v) is 19.3. The number of rotatable bonds is 10. The molecule has 0 aliphatic heterocycles. The molecule has 2 aromatic carbocycles. The number of carbonyl (C=O) groups is 3. The molecule has 2 unspecified atom stereocenters. The van der Waals surface area contributed by atoms with Crippen molar-refractivity contribution in [3.05, 3.63) is 59.7 Å². The average molecular weight is 453 g/mol. The number of alkyl carbamates (subject to hydrolysis) is 1. The minimum absolute atomic E-state index is 0.0802. The Morgan fingerprint density at radius 2 is 1.55 bits per heavy atom. The van der Waals surface area contributed by atoms with Gasteiger partial charge in [0.1, 0.15) is 18.7 Å². The highest BCUT2D eigenvalue weighted by Gasteiger charge is 2.31. The summed E-state index contributed by atoms with van der Waals surface area (Å²) in [6.07, 6.45) is 0.933. The van der Waals surface area contributed by atoms with Gasteiger partial charge in [0, 0.05) is 5.92 Å². The molecule has 1 aliphatic carbocycles. The fourth-order valence-corrected chi connectivity index (χ4v) is 4.28. The highest BCUT2D eigenvalue weighted by Crippen LogP contribution is 2.44. The summed E-state index contributed by atoms with van der Waals surface area (Å²) in [5.41, 5.74) is 4.48. The van der Waals surface area contributed by atoms with Crippen molar-refractivity contribution in [1.82, 2.24) is 10.6 Å². The molecular weight excluding hydrogens is 420 g/mol. The molecule has 7 nitrogen and oxygen atoms in total. The summed E-state index contributed by atoms with van der Waals surface area (Å²) in [6, 6.07) is 14.2. The van der Waals surface area contributed by atoms with Gasteiger partial charge in [0.15, 0.2) is 0 Å². The number of hydrogen-bond donors (Lipinski definition) is 3. The highest BCUT2D eigenvalue weighted by molar-refractivity contribution is 5.89. The van der Waals surface area contributed by atoms with Crippen LogP contribution in [0.1, 0.15) is 57.1 Å². The second kappa shape index (κ2) is 11.0. The number of nitrogens with one attached hydrogen (secondary N) is 2. The lowest BCUT2D eigenvalue weighted by Gasteiger charge is -2.24. The van der Waals surface area contributed by atoms with E-state index in [1.807, 2.05) is 50.2 Å². The molecule has 2 aromatic rings. The van der Waals surface area contributed by atoms with E-state index in [9.17, 15) is 19.5 Å². The van der Waals surface area contributed by atoms with Gasteiger partial charge >= 0.3 is 12.1 Å². The van der Waals surface area contributed by atoms with Crippen LogP contribution in [0.4, 0.5) is 4.79 Å². The second-order valence-electron chi connectivity index (χ2n) is 8.52. The van der Waals surface area contributed by atoms with Crippen LogP contribution in [0.5, 0.6) is 0 Å². The summed E-state index contributed by atoms with van der Waals surface area (Å²) in [6.45, 7) is 5.67. The van der Waals surface area contributed by atoms with Crippen molar-refractivity contribution in [2.75, 3.05) is 6.61 Å². The normalized spacial score (nSPS) is 15.0. The van der Waals surface area contributed by atoms with Gasteiger partial charge in [0.2, 0.25) is 5.91 Å². The number of aliphatic carboxylic acids is 1. The van der Waals surface area contributed by atoms with Gasteiger partial charge in [0.05, 0.1) is 0 Å². The molecule has 0 spiro atoms. The quantitative estimate of drug-likeness (QED) is 0.498. The molecule has 3 rings (SSSR count). The summed E-state index contributed by atoms with van der Waals surface area (Å²) in [7, 11) is 0. The van der Waals surface area contributed by atoms with Crippen molar-refractivity contribution in [1.29, 1.82) is 0 Å². The Hall–Kier alpha value is -3.35. The van der Waals surface area contributed by atoms with E-state index in [1.165, 1.54) is 0 Å². The monoisotopic (exact) mass is 452 g/mol. The molecule has 0 heterocycles. The lowest BCUT2D eigenvalue weighted by atomic mass is 9.98. The van der Waals surface area contributed by atoms with Crippen molar-refractivity contribution >= 4 is 18.0 Å². The lowest BCUT2D eigenvalue weighted by Crippen LogP contribution is -2.53. The predicted octanol–water partition coefficient (Wildman–Crippen LogP) is 4.31. The second-order valence-corrected chi connectivity index (χ2v) is 8.52. The molecule has 1 aliphatic rings. The van der Waals surface area contributed by atoms with E-state index < -0.39 is 30.1 Å². The standard InChI is InChI=1S/C26H32N2O5/c1-4-10-22(24(29)28-23(25(30)31)16(3)5-2)27-26(32)33-15-21-19-13-8-6-11-17(19)18-12-7-9-14-20(18)21/h6-9,11-14,16,21-23H,4-5,10,15H2,1-3H3,(H,27,32)(H,28,29)(H,30,31)/t16?,22-,23?/m1/s1. The molecule has 0 saturated carbocycles. The fourth-order valence-electron chi connectivity index (χ4n) is 4.28. The lowest BCUT2D eigenvalue weighted by molar-refractivity contribution is -0.143. The zero-order valence-electron chi connectivity index (χ0n) is 19.3. The summed E-state index contributed by atoms with van der Waals surface area (Å²) >= 11 is 0. The minimum Gasteiger partial charge on any atom is -0.480 e. The van der Waals surface area contributed by atoms with Gasteiger partial charge in [-0.05, 0) is 34.6 Å². The van der Waals surface area contributed by atoms with Crippen LogP contribution in [0.3, 0.4) is 0 Å². The Bertz CT molecular complexity index is 960. The first-order valence-corrected chi connectivity index (χ1v) is 11.5. The third-order valence-corrected chi connectivity index (χ3v) is 6.31. The van der Waals surface area contributed by atoms with E-state index in [1.54, 1.807) is 6.92 Å². The third-order valence-electron chi connectivity index (χ3n) is 6.31. The van der Waals surface area contributed by atoms with E-state index in [0.29, 0.717) is 19.3 Å². The van der Waals surface area contributed by atoms with Crippen molar-refractivity contribution in [3.63, 3.8) is 0 Å². The molecule has 7 heteroatoms. The van der Waals surface area contributed by atoms with E-state index in [-0.39, 0.29) is 18.4 Å². The molecule has 33 heavy (non-hydrogen) atoms. The number of amides is 2. The number of carboxylic acids is 1. The number of benzene rings is 2. The van der Waals surface area contributed by atoms with Gasteiger partial charge in [0.25, 0.3) is 0 Å². The third kappa shape index (κ3) is 5.53. The van der Waals surface area contributed by atoms with Gasteiger partial charge in [-0.15, -0.1) is 0 Å². The van der Waals surface area contributed by atoms with E-state index in [4.69, 9.17) is 4.74 Å². The maximum absolute atomic E-state index is 12.7. The number of carboxylic acid groups (broad SMARTS) is 1. The Labute approximate surface area is 194 Å². The van der Waals surface area contributed by atoms with Crippen LogP contribution in [0.15, 0.2) is 48.5 Å². The van der Waals surface area contributed by atoms with Gasteiger partial charge < -0.3 is 20.5 Å². The van der Waals surface area contributed by atoms with Gasteiger partial charge in [-0.1, -0.05) is 82.1 Å². The predicted molar refractivity (Wildman–Crippen MR) is 126 cm³/mol. The Morgan fingerprint density at radius 3 is 2.06 bits per heavy atom. The highest BCUT2D eigenvalue weighted by atomic mass is 16.5. The van der Waals surface area contributed by atoms with Crippen LogP contribution in [-0.2, 0) is 14.3 Å². The molecule has 0 radical (unpaired) electrons. The molecule has 2 amide bonds. The number of ether oxygens (including phenoxy) is 1. The van der Waals surface area contributed by atoms with Crippen molar-refractivity contribution < 1.29 is 24.2 Å². The first-order chi connectivity index (χ1) is 15.9. The van der Waals surface area contributed by atoms with E-state index in [0.717, 1.165) is 22.3 Å². The molecule has 0 fully saturated rings. The minimum atomic E-state index is -1.09. The molecular formula is C26H32N2O5. The Morgan fingerprint density at radius 1 is 0.970 bits per heavy atom. The van der Waals surface area contributed by atoms with Crippen LogP contribution in [0, 0.1) is 5.92 Å².